The van der Waals surface area contributed by atoms with E-state index in [2.05, 4.69) is 17.1 Å². The second-order valence-corrected chi connectivity index (χ2v) is 4.40. The molecule has 1 aliphatic carbocycles. The molecule has 1 aromatic heterocycles. The molecule has 16 heavy (non-hydrogen) atoms. The molecular formula is C12H13N3O. The molecule has 0 radical (unpaired) electrons. The van der Waals surface area contributed by atoms with Crippen LogP contribution < -0.4 is 5.73 Å². The summed E-state index contributed by atoms with van der Waals surface area (Å²) in [5.41, 5.74) is 7.30. The Balaban J connectivity index is 1.89. The van der Waals surface area contributed by atoms with Crippen LogP contribution in [-0.2, 0) is 0 Å². The summed E-state index contributed by atoms with van der Waals surface area (Å²) in [5, 5.41) is 3.98. The summed E-state index contributed by atoms with van der Waals surface area (Å²) in [7, 11) is 0. The predicted molar refractivity (Wildman–Crippen MR) is 60.7 cm³/mol. The van der Waals surface area contributed by atoms with Crippen molar-refractivity contribution in [1.29, 1.82) is 0 Å². The Morgan fingerprint density at radius 1 is 1.31 bits per heavy atom. The second-order valence-electron chi connectivity index (χ2n) is 4.40. The van der Waals surface area contributed by atoms with Gasteiger partial charge in [-0.05, 0) is 36.6 Å². The van der Waals surface area contributed by atoms with Gasteiger partial charge in [0.1, 0.15) is 0 Å². The van der Waals surface area contributed by atoms with E-state index < -0.39 is 0 Å². The summed E-state index contributed by atoms with van der Waals surface area (Å²) >= 11 is 0. The fraction of sp³-hybridized carbons (Fsp3) is 0.333. The van der Waals surface area contributed by atoms with E-state index in [1.807, 2.05) is 24.3 Å². The minimum atomic E-state index is 0.468. The first kappa shape index (κ1) is 9.39. The zero-order valence-corrected chi connectivity index (χ0v) is 9.05. The van der Waals surface area contributed by atoms with E-state index in [-0.39, 0.29) is 0 Å². The minimum absolute atomic E-state index is 0.468. The summed E-state index contributed by atoms with van der Waals surface area (Å²) < 4.78 is 5.25. The first-order chi connectivity index (χ1) is 7.74. The lowest BCUT2D eigenvalue weighted by Crippen LogP contribution is -1.86. The molecule has 1 aromatic carbocycles. The molecule has 0 saturated heterocycles. The zero-order chi connectivity index (χ0) is 11.1. The monoisotopic (exact) mass is 215 g/mol. The Morgan fingerprint density at radius 2 is 2.00 bits per heavy atom. The quantitative estimate of drug-likeness (QED) is 0.781. The smallest absolute Gasteiger partial charge is 0.230 e. The van der Waals surface area contributed by atoms with E-state index in [0.29, 0.717) is 17.7 Å². The molecule has 82 valence electrons. The highest BCUT2D eigenvalue weighted by atomic mass is 16.5. The lowest BCUT2D eigenvalue weighted by molar-refractivity contribution is 0.377. The molecule has 0 aliphatic heterocycles. The lowest BCUT2D eigenvalue weighted by Gasteiger charge is -1.94. The van der Waals surface area contributed by atoms with Gasteiger partial charge in [-0.1, -0.05) is 12.1 Å². The van der Waals surface area contributed by atoms with Gasteiger partial charge in [0.05, 0.1) is 0 Å². The minimum Gasteiger partial charge on any atom is -0.399 e. The molecule has 2 atom stereocenters. The van der Waals surface area contributed by atoms with Crippen LogP contribution in [0.1, 0.15) is 25.2 Å². The molecular weight excluding hydrogens is 202 g/mol. The fourth-order valence-corrected chi connectivity index (χ4v) is 1.80. The van der Waals surface area contributed by atoms with Gasteiger partial charge in [0.25, 0.3) is 0 Å². The zero-order valence-electron chi connectivity index (χ0n) is 9.05. The van der Waals surface area contributed by atoms with Gasteiger partial charge in [-0.25, -0.2) is 0 Å². The SMILES string of the molecule is CC1CC1c1nc(-c2ccc(N)cc2)no1. The van der Waals surface area contributed by atoms with Crippen LogP contribution in [0.4, 0.5) is 5.69 Å². The summed E-state index contributed by atoms with van der Waals surface area (Å²) in [5.74, 6) is 2.56. The third kappa shape index (κ3) is 1.56. The Labute approximate surface area is 93.5 Å². The average molecular weight is 215 g/mol. The lowest BCUT2D eigenvalue weighted by atomic mass is 10.2. The first-order valence-corrected chi connectivity index (χ1v) is 5.43. The van der Waals surface area contributed by atoms with Crippen LogP contribution >= 0.6 is 0 Å². The molecule has 0 bridgehead atoms. The number of anilines is 1. The van der Waals surface area contributed by atoms with Crippen LogP contribution in [0.5, 0.6) is 0 Å². The summed E-state index contributed by atoms with van der Waals surface area (Å²) in [6, 6.07) is 7.48. The highest BCUT2D eigenvalue weighted by Gasteiger charge is 2.38. The summed E-state index contributed by atoms with van der Waals surface area (Å²) in [4.78, 5) is 4.40. The van der Waals surface area contributed by atoms with Crippen LogP contribution in [0.3, 0.4) is 0 Å². The molecule has 0 spiro atoms. The van der Waals surface area contributed by atoms with E-state index in [1.165, 1.54) is 0 Å². The summed E-state index contributed by atoms with van der Waals surface area (Å²) in [6.45, 7) is 2.19. The van der Waals surface area contributed by atoms with E-state index in [1.54, 1.807) is 0 Å². The number of benzene rings is 1. The number of hydrogen-bond donors (Lipinski definition) is 1. The average Bonchev–Trinajstić information content (AvgIpc) is 2.82. The van der Waals surface area contributed by atoms with Gasteiger partial charge in [-0.3, -0.25) is 0 Å². The largest absolute Gasteiger partial charge is 0.399 e. The number of nitrogens with two attached hydrogens (primary N) is 1. The molecule has 3 rings (SSSR count). The third-order valence-corrected chi connectivity index (χ3v) is 3.04. The molecule has 1 aliphatic rings. The third-order valence-electron chi connectivity index (χ3n) is 3.04. The van der Waals surface area contributed by atoms with Crippen molar-refractivity contribution in [3.05, 3.63) is 30.2 Å². The Hall–Kier alpha value is -1.84. The fourth-order valence-electron chi connectivity index (χ4n) is 1.80. The number of hydrogen-bond acceptors (Lipinski definition) is 4. The molecule has 2 aromatic rings. The van der Waals surface area contributed by atoms with Gasteiger partial charge >= 0.3 is 0 Å². The van der Waals surface area contributed by atoms with Crippen molar-refractivity contribution in [1.82, 2.24) is 10.1 Å². The first-order valence-electron chi connectivity index (χ1n) is 5.43. The molecule has 1 heterocycles. The topological polar surface area (TPSA) is 64.9 Å². The number of rotatable bonds is 2. The highest BCUT2D eigenvalue weighted by molar-refractivity contribution is 5.58. The van der Waals surface area contributed by atoms with E-state index in [9.17, 15) is 0 Å². The maximum atomic E-state index is 5.62. The summed E-state index contributed by atoms with van der Waals surface area (Å²) in [6.07, 6.45) is 1.16. The second kappa shape index (κ2) is 3.33. The van der Waals surface area contributed by atoms with Crippen LogP contribution in [0.25, 0.3) is 11.4 Å². The number of nitrogens with zero attached hydrogens (tertiary/aromatic N) is 2. The highest BCUT2D eigenvalue weighted by Crippen LogP contribution is 2.46. The van der Waals surface area contributed by atoms with Gasteiger partial charge in [0.2, 0.25) is 11.7 Å². The maximum absolute atomic E-state index is 5.62. The van der Waals surface area contributed by atoms with Gasteiger partial charge in [0, 0.05) is 17.2 Å². The van der Waals surface area contributed by atoms with Crippen LogP contribution in [0.15, 0.2) is 28.8 Å². The molecule has 2 N–H and O–H groups in total. The van der Waals surface area contributed by atoms with Crippen LogP contribution in [0, 0.1) is 5.92 Å². The van der Waals surface area contributed by atoms with Crippen molar-refractivity contribution in [3.8, 4) is 11.4 Å². The van der Waals surface area contributed by atoms with Gasteiger partial charge in [0.15, 0.2) is 0 Å². The maximum Gasteiger partial charge on any atom is 0.230 e. The van der Waals surface area contributed by atoms with Crippen molar-refractivity contribution in [2.24, 2.45) is 5.92 Å². The molecule has 4 nitrogen and oxygen atoms in total. The molecule has 1 fully saturated rings. The standard InChI is InChI=1S/C12H13N3O/c1-7-6-10(7)12-14-11(15-16-12)8-2-4-9(13)5-3-8/h2-5,7,10H,6,13H2,1H3. The van der Waals surface area contributed by atoms with E-state index in [4.69, 9.17) is 10.3 Å². The number of aromatic nitrogens is 2. The predicted octanol–water partition coefficient (Wildman–Crippen LogP) is 2.44. The van der Waals surface area contributed by atoms with Crippen molar-refractivity contribution in [2.45, 2.75) is 19.3 Å². The molecule has 0 amide bonds. The Kier molecular flexibility index (Phi) is 1.96. The van der Waals surface area contributed by atoms with Crippen molar-refractivity contribution >= 4 is 5.69 Å². The molecule has 2 unspecified atom stereocenters. The van der Waals surface area contributed by atoms with E-state index >= 15 is 0 Å². The van der Waals surface area contributed by atoms with Gasteiger partial charge in [-0.15, -0.1) is 0 Å². The Morgan fingerprint density at radius 3 is 2.62 bits per heavy atom. The number of nitrogen functional groups attached to an aromatic ring is 1. The van der Waals surface area contributed by atoms with E-state index in [0.717, 1.165) is 23.6 Å². The van der Waals surface area contributed by atoms with Crippen molar-refractivity contribution in [3.63, 3.8) is 0 Å². The van der Waals surface area contributed by atoms with Gasteiger partial charge < -0.3 is 10.3 Å². The van der Waals surface area contributed by atoms with Crippen LogP contribution in [-0.4, -0.2) is 10.1 Å². The Bertz CT molecular complexity index is 503. The van der Waals surface area contributed by atoms with Crippen LogP contribution in [0.2, 0.25) is 0 Å². The molecule has 4 heteroatoms. The van der Waals surface area contributed by atoms with Crippen molar-refractivity contribution in [2.75, 3.05) is 5.73 Å². The normalized spacial score (nSPS) is 23.3. The van der Waals surface area contributed by atoms with Gasteiger partial charge in [-0.2, -0.15) is 4.98 Å². The van der Waals surface area contributed by atoms with Crippen molar-refractivity contribution < 1.29 is 4.52 Å². The molecule has 1 saturated carbocycles.